The van der Waals surface area contributed by atoms with Crippen LogP contribution >= 0.6 is 0 Å². The normalized spacial score (nSPS) is 16.4. The van der Waals surface area contributed by atoms with Crippen LogP contribution in [-0.2, 0) is 11.6 Å². The van der Waals surface area contributed by atoms with Gasteiger partial charge in [-0.15, -0.1) is 0 Å². The summed E-state index contributed by atoms with van der Waals surface area (Å²) in [7, 11) is 0. The molecule has 21 heavy (non-hydrogen) atoms. The summed E-state index contributed by atoms with van der Waals surface area (Å²) in [6.07, 6.45) is -2.61. The van der Waals surface area contributed by atoms with Gasteiger partial charge in [0.05, 0.1) is 5.56 Å². The lowest BCUT2D eigenvalue weighted by Gasteiger charge is -2.17. The molecule has 110 valence electrons. The maximum Gasteiger partial charge on any atom is 0.416 e. The highest BCUT2D eigenvalue weighted by atomic mass is 19.4. The van der Waals surface area contributed by atoms with E-state index in [4.69, 9.17) is 0 Å². The third kappa shape index (κ3) is 2.48. The van der Waals surface area contributed by atoms with Crippen molar-refractivity contribution in [3.05, 3.63) is 47.7 Å². The fourth-order valence-electron chi connectivity index (χ4n) is 2.53. The quantitative estimate of drug-likeness (QED) is 0.838. The second-order valence-electron chi connectivity index (χ2n) is 5.93. The number of anilines is 1. The van der Waals surface area contributed by atoms with Crippen LogP contribution in [0.1, 0.15) is 25.0 Å². The number of hydrogen-bond acceptors (Lipinski definition) is 2. The minimum atomic E-state index is -4.30. The van der Waals surface area contributed by atoms with Crippen molar-refractivity contribution in [2.45, 2.75) is 25.4 Å². The van der Waals surface area contributed by atoms with E-state index in [-0.39, 0.29) is 5.41 Å². The van der Waals surface area contributed by atoms with Crippen molar-refractivity contribution in [2.24, 2.45) is 0 Å². The summed E-state index contributed by atoms with van der Waals surface area (Å²) in [5.74, 6) is 0.857. The van der Waals surface area contributed by atoms with Gasteiger partial charge in [-0.1, -0.05) is 26.0 Å². The number of aromatic nitrogens is 1. The minimum Gasteiger partial charge on any atom is -0.369 e. The highest BCUT2D eigenvalue weighted by Crippen LogP contribution is 2.37. The number of alkyl halides is 3. The van der Waals surface area contributed by atoms with Gasteiger partial charge in [0, 0.05) is 29.3 Å². The topological polar surface area (TPSA) is 24.9 Å². The fourth-order valence-corrected chi connectivity index (χ4v) is 2.53. The molecular formula is C16H15F3N2. The first-order chi connectivity index (χ1) is 9.77. The van der Waals surface area contributed by atoms with E-state index >= 15 is 0 Å². The number of nitrogens with zero attached hydrogens (tertiary/aromatic N) is 1. The zero-order valence-electron chi connectivity index (χ0n) is 11.8. The van der Waals surface area contributed by atoms with E-state index in [0.717, 1.165) is 41.2 Å². The first kappa shape index (κ1) is 13.9. The molecule has 0 radical (unpaired) electrons. The Morgan fingerprint density at radius 3 is 2.38 bits per heavy atom. The Hall–Kier alpha value is -2.04. The molecule has 1 N–H and O–H groups in total. The maximum atomic E-state index is 12.6. The average Bonchev–Trinajstić information content (AvgIpc) is 2.73. The van der Waals surface area contributed by atoms with Gasteiger partial charge in [-0.2, -0.15) is 13.2 Å². The summed E-state index contributed by atoms with van der Waals surface area (Å²) in [5.41, 5.74) is 2.01. The molecule has 5 heteroatoms. The first-order valence-corrected chi connectivity index (χ1v) is 6.69. The number of hydrogen-bond donors (Lipinski definition) is 1. The van der Waals surface area contributed by atoms with Crippen LogP contribution in [0.5, 0.6) is 0 Å². The van der Waals surface area contributed by atoms with E-state index in [1.165, 1.54) is 12.1 Å². The lowest BCUT2D eigenvalue weighted by atomic mass is 9.87. The largest absolute Gasteiger partial charge is 0.416 e. The summed E-state index contributed by atoms with van der Waals surface area (Å²) >= 11 is 0. The number of halogens is 3. The summed E-state index contributed by atoms with van der Waals surface area (Å²) in [6, 6.07) is 7.19. The Kier molecular flexibility index (Phi) is 2.97. The van der Waals surface area contributed by atoms with Crippen molar-refractivity contribution in [1.29, 1.82) is 0 Å². The molecule has 0 saturated carbocycles. The monoisotopic (exact) mass is 292 g/mol. The van der Waals surface area contributed by atoms with Gasteiger partial charge in [0.2, 0.25) is 0 Å². The Labute approximate surface area is 121 Å². The Bertz CT molecular complexity index is 673. The molecule has 2 nitrogen and oxygen atoms in total. The predicted molar refractivity (Wildman–Crippen MR) is 76.2 cm³/mol. The lowest BCUT2D eigenvalue weighted by Crippen LogP contribution is -2.18. The minimum absolute atomic E-state index is 0.0236. The zero-order chi connectivity index (χ0) is 15.3. The van der Waals surface area contributed by atoms with Gasteiger partial charge in [-0.25, -0.2) is 4.98 Å². The molecule has 2 aromatic rings. The second-order valence-corrected chi connectivity index (χ2v) is 5.93. The van der Waals surface area contributed by atoms with E-state index in [2.05, 4.69) is 24.1 Å². The summed E-state index contributed by atoms with van der Waals surface area (Å²) in [6.45, 7) is 5.04. The summed E-state index contributed by atoms with van der Waals surface area (Å²) < 4.78 is 37.7. The van der Waals surface area contributed by atoms with Gasteiger partial charge in [0.25, 0.3) is 0 Å². The molecule has 1 aromatic heterocycles. The Morgan fingerprint density at radius 1 is 1.10 bits per heavy atom. The van der Waals surface area contributed by atoms with E-state index in [0.29, 0.717) is 0 Å². The molecule has 0 unspecified atom stereocenters. The number of pyridine rings is 1. The van der Waals surface area contributed by atoms with Crippen molar-refractivity contribution < 1.29 is 13.2 Å². The molecular weight excluding hydrogens is 277 g/mol. The molecule has 1 aromatic carbocycles. The molecule has 0 atom stereocenters. The highest BCUT2D eigenvalue weighted by molar-refractivity contribution is 5.68. The Balaban J connectivity index is 1.99. The molecule has 1 aliphatic heterocycles. The second kappa shape index (κ2) is 4.48. The molecule has 0 spiro atoms. The van der Waals surface area contributed by atoms with Crippen LogP contribution in [0.3, 0.4) is 0 Å². The van der Waals surface area contributed by atoms with E-state index in [1.54, 1.807) is 6.20 Å². The molecule has 0 bridgehead atoms. The van der Waals surface area contributed by atoms with Crippen LogP contribution in [0.4, 0.5) is 19.0 Å². The summed E-state index contributed by atoms with van der Waals surface area (Å²) in [4.78, 5) is 4.37. The number of rotatable bonds is 1. The SMILES string of the molecule is CC1(C)CNc2ncc(-c3ccc(C(F)(F)F)cc3)cc21. The van der Waals surface area contributed by atoms with Crippen LogP contribution in [0.2, 0.25) is 0 Å². The van der Waals surface area contributed by atoms with Gasteiger partial charge in [-0.3, -0.25) is 0 Å². The van der Waals surface area contributed by atoms with Gasteiger partial charge < -0.3 is 5.32 Å². The zero-order valence-corrected chi connectivity index (χ0v) is 11.8. The van der Waals surface area contributed by atoms with Gasteiger partial charge >= 0.3 is 6.18 Å². The molecule has 3 rings (SSSR count). The predicted octanol–water partition coefficient (Wildman–Crippen LogP) is 4.47. The Morgan fingerprint density at radius 2 is 1.76 bits per heavy atom. The van der Waals surface area contributed by atoms with Crippen LogP contribution in [0.15, 0.2) is 36.5 Å². The number of benzene rings is 1. The molecule has 2 heterocycles. The van der Waals surface area contributed by atoms with E-state index < -0.39 is 11.7 Å². The molecule has 0 aliphatic carbocycles. The molecule has 1 aliphatic rings. The third-order valence-electron chi connectivity index (χ3n) is 3.86. The number of fused-ring (bicyclic) bond motifs is 1. The lowest BCUT2D eigenvalue weighted by molar-refractivity contribution is -0.137. The van der Waals surface area contributed by atoms with Crippen molar-refractivity contribution >= 4 is 5.82 Å². The fraction of sp³-hybridized carbons (Fsp3) is 0.312. The van der Waals surface area contributed by atoms with E-state index in [1.807, 2.05) is 6.07 Å². The van der Waals surface area contributed by atoms with Gasteiger partial charge in [0.15, 0.2) is 0 Å². The molecule has 0 amide bonds. The molecule has 0 fully saturated rings. The van der Waals surface area contributed by atoms with Crippen molar-refractivity contribution in [3.63, 3.8) is 0 Å². The van der Waals surface area contributed by atoms with Crippen molar-refractivity contribution in [2.75, 3.05) is 11.9 Å². The van der Waals surface area contributed by atoms with Crippen LogP contribution in [0, 0.1) is 0 Å². The smallest absolute Gasteiger partial charge is 0.369 e. The van der Waals surface area contributed by atoms with E-state index in [9.17, 15) is 13.2 Å². The third-order valence-corrected chi connectivity index (χ3v) is 3.86. The number of nitrogens with one attached hydrogen (secondary N) is 1. The van der Waals surface area contributed by atoms with Crippen molar-refractivity contribution in [1.82, 2.24) is 4.98 Å². The highest BCUT2D eigenvalue weighted by Gasteiger charge is 2.32. The standard InChI is InChI=1S/C16H15F3N2/c1-15(2)9-21-14-13(15)7-11(8-20-14)10-3-5-12(6-4-10)16(17,18)19/h3-8H,9H2,1-2H3,(H,20,21). The van der Waals surface area contributed by atoms with Crippen LogP contribution < -0.4 is 5.32 Å². The van der Waals surface area contributed by atoms with Crippen LogP contribution in [0.25, 0.3) is 11.1 Å². The van der Waals surface area contributed by atoms with Gasteiger partial charge in [-0.05, 0) is 23.8 Å². The van der Waals surface area contributed by atoms with Crippen molar-refractivity contribution in [3.8, 4) is 11.1 Å². The average molecular weight is 292 g/mol. The summed E-state index contributed by atoms with van der Waals surface area (Å²) in [5, 5.41) is 3.24. The first-order valence-electron chi connectivity index (χ1n) is 6.69. The van der Waals surface area contributed by atoms with Gasteiger partial charge in [0.1, 0.15) is 5.82 Å². The molecule has 0 saturated heterocycles. The maximum absolute atomic E-state index is 12.6. The van der Waals surface area contributed by atoms with Crippen LogP contribution in [-0.4, -0.2) is 11.5 Å².